The van der Waals surface area contributed by atoms with E-state index in [0.29, 0.717) is 6.42 Å². The van der Waals surface area contributed by atoms with Crippen LogP contribution in [0.25, 0.3) is 0 Å². The number of ether oxygens (including phenoxy) is 1. The lowest BCUT2D eigenvalue weighted by Crippen LogP contribution is -2.43. The van der Waals surface area contributed by atoms with Gasteiger partial charge in [-0.05, 0) is 12.3 Å². The van der Waals surface area contributed by atoms with Crippen LogP contribution in [0.4, 0.5) is 11.5 Å². The van der Waals surface area contributed by atoms with Crippen LogP contribution in [0.3, 0.4) is 0 Å². The average Bonchev–Trinajstić information content (AvgIpc) is 2.50. The highest BCUT2D eigenvalue weighted by Crippen LogP contribution is 2.26. The molecule has 9 heteroatoms. The quantitative estimate of drug-likeness (QED) is 0.486. The number of rotatable bonds is 7. The number of thioether (sulfide) groups is 1. The Morgan fingerprint density at radius 2 is 2.12 bits per heavy atom. The molecular formula is C15H21N5O3S. The van der Waals surface area contributed by atoms with E-state index in [0.717, 1.165) is 11.8 Å². The molecule has 0 saturated carbocycles. The van der Waals surface area contributed by atoms with E-state index in [1.165, 1.54) is 13.2 Å². The van der Waals surface area contributed by atoms with Crippen LogP contribution in [0.15, 0.2) is 11.1 Å². The van der Waals surface area contributed by atoms with Crippen molar-refractivity contribution < 1.29 is 14.3 Å². The van der Waals surface area contributed by atoms with Gasteiger partial charge >= 0.3 is 5.97 Å². The van der Waals surface area contributed by atoms with Crippen LogP contribution in [0, 0.1) is 17.2 Å². The zero-order chi connectivity index (χ0) is 18.3. The summed E-state index contributed by atoms with van der Waals surface area (Å²) in [5, 5.41) is 12.0. The molecule has 0 radical (unpaired) electrons. The minimum Gasteiger partial charge on any atom is -0.467 e. The van der Waals surface area contributed by atoms with E-state index >= 15 is 0 Å². The number of amides is 1. The molecule has 0 saturated heterocycles. The van der Waals surface area contributed by atoms with Gasteiger partial charge in [-0.15, -0.1) is 0 Å². The summed E-state index contributed by atoms with van der Waals surface area (Å²) in [6, 6.07) is 2.62. The molecule has 0 spiro atoms. The lowest BCUT2D eigenvalue weighted by atomic mass is 10.0. The predicted octanol–water partition coefficient (Wildman–Crippen LogP) is 0.914. The zero-order valence-electron chi connectivity index (χ0n) is 13.8. The first-order chi connectivity index (χ1) is 11.3. The zero-order valence-corrected chi connectivity index (χ0v) is 14.6. The lowest BCUT2D eigenvalue weighted by molar-refractivity contribution is -0.145. The molecule has 0 aliphatic carbocycles. The summed E-state index contributed by atoms with van der Waals surface area (Å²) in [5.74, 6) is -0.519. The van der Waals surface area contributed by atoms with Gasteiger partial charge in [0.25, 0.3) is 0 Å². The number of nitrogens with one attached hydrogen (secondary N) is 1. The van der Waals surface area contributed by atoms with E-state index in [1.807, 2.05) is 19.9 Å². The molecule has 1 aromatic heterocycles. The number of nitrogen functional groups attached to an aromatic ring is 2. The predicted molar refractivity (Wildman–Crippen MR) is 91.9 cm³/mol. The third-order valence-corrected chi connectivity index (χ3v) is 3.99. The number of aromatic nitrogens is 1. The van der Waals surface area contributed by atoms with E-state index in [9.17, 15) is 9.59 Å². The van der Waals surface area contributed by atoms with Crippen molar-refractivity contribution in [1.29, 1.82) is 5.26 Å². The first-order valence-corrected chi connectivity index (χ1v) is 8.23. The number of pyridine rings is 1. The minimum atomic E-state index is -0.711. The topological polar surface area (TPSA) is 144 Å². The van der Waals surface area contributed by atoms with Crippen molar-refractivity contribution >= 4 is 35.1 Å². The lowest BCUT2D eigenvalue weighted by Gasteiger charge is -2.18. The number of carbonyl (C=O) groups excluding carboxylic acids is 2. The summed E-state index contributed by atoms with van der Waals surface area (Å²) in [5.41, 5.74) is 11.7. The number of anilines is 2. The summed E-state index contributed by atoms with van der Waals surface area (Å²) in [4.78, 5) is 27.8. The van der Waals surface area contributed by atoms with Gasteiger partial charge in [0.15, 0.2) is 0 Å². The molecule has 0 aliphatic rings. The maximum Gasteiger partial charge on any atom is 0.328 e. The number of nitrogens with zero attached hydrogens (tertiary/aromatic N) is 2. The fourth-order valence-electron chi connectivity index (χ4n) is 1.97. The second kappa shape index (κ2) is 8.98. The summed E-state index contributed by atoms with van der Waals surface area (Å²) < 4.78 is 4.70. The molecule has 1 aromatic rings. The molecule has 8 nitrogen and oxygen atoms in total. The second-order valence-electron chi connectivity index (χ2n) is 5.49. The Bertz CT molecular complexity index is 657. The van der Waals surface area contributed by atoms with Crippen molar-refractivity contribution in [2.24, 2.45) is 5.92 Å². The molecule has 0 bridgehead atoms. The number of hydrogen-bond donors (Lipinski definition) is 3. The van der Waals surface area contributed by atoms with Crippen LogP contribution >= 0.6 is 11.8 Å². The number of methoxy groups -OCH3 is 1. The van der Waals surface area contributed by atoms with E-state index in [4.69, 9.17) is 21.5 Å². The molecule has 0 aromatic carbocycles. The Morgan fingerprint density at radius 1 is 1.46 bits per heavy atom. The van der Waals surface area contributed by atoms with Crippen molar-refractivity contribution in [3.05, 3.63) is 11.6 Å². The number of carbonyl (C=O) groups is 2. The maximum atomic E-state index is 12.1. The molecule has 1 atom stereocenters. The van der Waals surface area contributed by atoms with Crippen molar-refractivity contribution in [2.75, 3.05) is 24.3 Å². The summed E-state index contributed by atoms with van der Waals surface area (Å²) >= 11 is 1.03. The van der Waals surface area contributed by atoms with Crippen LogP contribution in [0.2, 0.25) is 0 Å². The van der Waals surface area contributed by atoms with Gasteiger partial charge in [-0.1, -0.05) is 25.6 Å². The van der Waals surface area contributed by atoms with Crippen LogP contribution in [-0.2, 0) is 14.3 Å². The minimum absolute atomic E-state index is 0.0316. The molecule has 0 aliphatic heterocycles. The van der Waals surface area contributed by atoms with Gasteiger partial charge in [-0.25, -0.2) is 9.78 Å². The fraction of sp³-hybridized carbons (Fsp3) is 0.467. The van der Waals surface area contributed by atoms with Gasteiger partial charge in [0.1, 0.15) is 28.5 Å². The van der Waals surface area contributed by atoms with Crippen LogP contribution in [0.1, 0.15) is 25.8 Å². The van der Waals surface area contributed by atoms with Crippen LogP contribution in [0.5, 0.6) is 0 Å². The monoisotopic (exact) mass is 351 g/mol. The number of hydrogen-bond acceptors (Lipinski definition) is 8. The van der Waals surface area contributed by atoms with Crippen molar-refractivity contribution in [3.8, 4) is 6.07 Å². The SMILES string of the molecule is COC(=O)[C@@H](CC(C)C)NC(=O)CSc1nc(N)cc(N)c1C#N. The molecule has 5 N–H and O–H groups in total. The molecule has 0 fully saturated rings. The van der Waals surface area contributed by atoms with E-state index in [1.54, 1.807) is 0 Å². The van der Waals surface area contributed by atoms with Crippen molar-refractivity contribution in [2.45, 2.75) is 31.3 Å². The number of esters is 1. The highest BCUT2D eigenvalue weighted by atomic mass is 32.2. The molecule has 24 heavy (non-hydrogen) atoms. The first-order valence-electron chi connectivity index (χ1n) is 7.24. The summed E-state index contributed by atoms with van der Waals surface area (Å²) in [7, 11) is 1.27. The molecule has 130 valence electrons. The summed E-state index contributed by atoms with van der Waals surface area (Å²) in [6.45, 7) is 3.88. The second-order valence-corrected chi connectivity index (χ2v) is 6.45. The highest BCUT2D eigenvalue weighted by Gasteiger charge is 2.23. The molecular weight excluding hydrogens is 330 g/mol. The fourth-order valence-corrected chi connectivity index (χ4v) is 2.80. The normalized spacial score (nSPS) is 11.6. The van der Waals surface area contributed by atoms with Gasteiger partial charge in [0.05, 0.1) is 18.6 Å². The third kappa shape index (κ3) is 5.62. The van der Waals surface area contributed by atoms with Crippen LogP contribution < -0.4 is 16.8 Å². The van der Waals surface area contributed by atoms with Gasteiger partial charge in [-0.2, -0.15) is 5.26 Å². The maximum absolute atomic E-state index is 12.1. The Hall–Kier alpha value is -2.47. The number of nitriles is 1. The van der Waals surface area contributed by atoms with Crippen molar-refractivity contribution in [3.63, 3.8) is 0 Å². The van der Waals surface area contributed by atoms with Gasteiger partial charge < -0.3 is 21.5 Å². The van der Waals surface area contributed by atoms with E-state index in [2.05, 4.69) is 10.3 Å². The Kier molecular flexibility index (Phi) is 7.32. The third-order valence-electron chi connectivity index (χ3n) is 3.02. The molecule has 1 amide bonds. The van der Waals surface area contributed by atoms with E-state index in [-0.39, 0.29) is 39.7 Å². The largest absolute Gasteiger partial charge is 0.467 e. The van der Waals surface area contributed by atoms with Gasteiger partial charge in [0.2, 0.25) is 5.91 Å². The number of nitrogens with two attached hydrogens (primary N) is 2. The highest BCUT2D eigenvalue weighted by molar-refractivity contribution is 8.00. The average molecular weight is 351 g/mol. The van der Waals surface area contributed by atoms with Gasteiger partial charge in [-0.3, -0.25) is 4.79 Å². The molecule has 1 heterocycles. The molecule has 0 unspecified atom stereocenters. The smallest absolute Gasteiger partial charge is 0.328 e. The first kappa shape index (κ1) is 19.6. The van der Waals surface area contributed by atoms with Crippen LogP contribution in [-0.4, -0.2) is 35.8 Å². The Morgan fingerprint density at radius 3 is 2.67 bits per heavy atom. The Labute approximate surface area is 144 Å². The van der Waals surface area contributed by atoms with E-state index < -0.39 is 12.0 Å². The standard InChI is InChI=1S/C15H21N5O3S/c1-8(2)4-11(15(22)23-3)19-13(21)7-24-14-9(6-16)10(17)5-12(18)20-14/h5,8,11H,4,7H2,1-3H3,(H,19,21)(H4,17,18,20)/t11-/m1/s1. The summed E-state index contributed by atoms with van der Waals surface area (Å²) in [6.07, 6.45) is 0.468. The van der Waals surface area contributed by atoms with Crippen molar-refractivity contribution in [1.82, 2.24) is 10.3 Å². The van der Waals surface area contributed by atoms with Gasteiger partial charge in [0, 0.05) is 6.07 Å². The Balaban J connectivity index is 2.75. The molecule has 1 rings (SSSR count).